The number of halogens is 1. The standard InChI is InChI=1S/C11H15ClN2O/c1-7(14-8(2)11(13)15)9-5-3-4-6-10(9)12/h3-8,14H,1-2H3,(H2,13,15). The van der Waals surface area contributed by atoms with Crippen LogP contribution in [0.15, 0.2) is 24.3 Å². The summed E-state index contributed by atoms with van der Waals surface area (Å²) in [5, 5.41) is 3.77. The van der Waals surface area contributed by atoms with Crippen LogP contribution in [-0.2, 0) is 4.79 Å². The Morgan fingerprint density at radius 3 is 2.53 bits per heavy atom. The predicted octanol–water partition coefficient (Wildman–Crippen LogP) is 1.86. The van der Waals surface area contributed by atoms with Crippen molar-refractivity contribution in [3.8, 4) is 0 Å². The van der Waals surface area contributed by atoms with E-state index < -0.39 is 0 Å². The monoisotopic (exact) mass is 226 g/mol. The van der Waals surface area contributed by atoms with Crippen molar-refractivity contribution in [2.45, 2.75) is 25.9 Å². The highest BCUT2D eigenvalue weighted by molar-refractivity contribution is 6.31. The molecule has 4 heteroatoms. The zero-order chi connectivity index (χ0) is 11.4. The van der Waals surface area contributed by atoms with E-state index in [4.69, 9.17) is 17.3 Å². The largest absolute Gasteiger partial charge is 0.368 e. The number of benzene rings is 1. The molecule has 2 atom stereocenters. The van der Waals surface area contributed by atoms with Gasteiger partial charge < -0.3 is 5.73 Å². The molecule has 0 fully saturated rings. The Balaban J connectivity index is 2.73. The summed E-state index contributed by atoms with van der Waals surface area (Å²) in [6.45, 7) is 3.68. The molecule has 0 spiro atoms. The number of carbonyl (C=O) groups is 1. The highest BCUT2D eigenvalue weighted by Crippen LogP contribution is 2.22. The molecule has 2 unspecified atom stereocenters. The van der Waals surface area contributed by atoms with Gasteiger partial charge in [0.05, 0.1) is 6.04 Å². The number of rotatable bonds is 4. The molecule has 0 saturated heterocycles. The van der Waals surface area contributed by atoms with E-state index in [9.17, 15) is 4.79 Å². The second-order valence-corrected chi connectivity index (χ2v) is 3.94. The van der Waals surface area contributed by atoms with Gasteiger partial charge in [-0.25, -0.2) is 0 Å². The summed E-state index contributed by atoms with van der Waals surface area (Å²) in [4.78, 5) is 10.9. The second kappa shape index (κ2) is 5.14. The fourth-order valence-electron chi connectivity index (χ4n) is 1.37. The third kappa shape index (κ3) is 3.22. The van der Waals surface area contributed by atoms with Crippen LogP contribution in [0, 0.1) is 0 Å². The van der Waals surface area contributed by atoms with Gasteiger partial charge in [-0.15, -0.1) is 0 Å². The van der Waals surface area contributed by atoms with Crippen LogP contribution in [0.3, 0.4) is 0 Å². The van der Waals surface area contributed by atoms with E-state index in [0.29, 0.717) is 5.02 Å². The first-order valence-electron chi connectivity index (χ1n) is 4.82. The average molecular weight is 227 g/mol. The SMILES string of the molecule is CC(NC(C)c1ccccc1Cl)C(N)=O. The fourth-order valence-corrected chi connectivity index (χ4v) is 1.67. The van der Waals surface area contributed by atoms with Gasteiger partial charge in [-0.2, -0.15) is 0 Å². The molecule has 0 aliphatic heterocycles. The predicted molar refractivity (Wildman–Crippen MR) is 61.7 cm³/mol. The van der Waals surface area contributed by atoms with Gasteiger partial charge in [0.15, 0.2) is 0 Å². The molecule has 82 valence electrons. The lowest BCUT2D eigenvalue weighted by Crippen LogP contribution is -2.40. The number of amides is 1. The van der Waals surface area contributed by atoms with Gasteiger partial charge >= 0.3 is 0 Å². The van der Waals surface area contributed by atoms with Crippen molar-refractivity contribution in [3.05, 3.63) is 34.9 Å². The molecule has 0 radical (unpaired) electrons. The van der Waals surface area contributed by atoms with Crippen molar-refractivity contribution in [1.29, 1.82) is 0 Å². The molecule has 0 heterocycles. The van der Waals surface area contributed by atoms with Gasteiger partial charge in [0, 0.05) is 11.1 Å². The van der Waals surface area contributed by atoms with E-state index in [1.807, 2.05) is 31.2 Å². The van der Waals surface area contributed by atoms with Gasteiger partial charge in [-0.1, -0.05) is 29.8 Å². The molecule has 0 bridgehead atoms. The van der Waals surface area contributed by atoms with Crippen molar-refractivity contribution < 1.29 is 4.79 Å². The van der Waals surface area contributed by atoms with Crippen molar-refractivity contribution in [3.63, 3.8) is 0 Å². The Morgan fingerprint density at radius 2 is 2.00 bits per heavy atom. The molecule has 0 saturated carbocycles. The highest BCUT2D eigenvalue weighted by Gasteiger charge is 2.14. The summed E-state index contributed by atoms with van der Waals surface area (Å²) >= 11 is 6.03. The van der Waals surface area contributed by atoms with Crippen LogP contribution in [0.1, 0.15) is 25.5 Å². The molecule has 0 aliphatic carbocycles. The number of nitrogens with two attached hydrogens (primary N) is 1. The van der Waals surface area contributed by atoms with E-state index >= 15 is 0 Å². The zero-order valence-corrected chi connectivity index (χ0v) is 9.58. The van der Waals surface area contributed by atoms with Crippen LogP contribution >= 0.6 is 11.6 Å². The number of primary amides is 1. The summed E-state index contributed by atoms with van der Waals surface area (Å²) in [5.41, 5.74) is 6.13. The quantitative estimate of drug-likeness (QED) is 0.824. The van der Waals surface area contributed by atoms with E-state index in [1.54, 1.807) is 6.92 Å². The Kier molecular flexibility index (Phi) is 4.12. The van der Waals surface area contributed by atoms with E-state index in [0.717, 1.165) is 5.56 Å². The van der Waals surface area contributed by atoms with Crippen LogP contribution < -0.4 is 11.1 Å². The molecule has 3 N–H and O–H groups in total. The average Bonchev–Trinajstić information content (AvgIpc) is 2.18. The van der Waals surface area contributed by atoms with Crippen LogP contribution in [0.5, 0.6) is 0 Å². The smallest absolute Gasteiger partial charge is 0.234 e. The number of hydrogen-bond donors (Lipinski definition) is 2. The van der Waals surface area contributed by atoms with Gasteiger partial charge in [0.25, 0.3) is 0 Å². The summed E-state index contributed by atoms with van der Waals surface area (Å²) in [6.07, 6.45) is 0. The summed E-state index contributed by atoms with van der Waals surface area (Å²) in [7, 11) is 0. The summed E-state index contributed by atoms with van der Waals surface area (Å²) in [6, 6.07) is 7.17. The minimum absolute atomic E-state index is 0.00111. The first-order chi connectivity index (χ1) is 7.02. The van der Waals surface area contributed by atoms with Crippen LogP contribution in [0.25, 0.3) is 0 Å². The van der Waals surface area contributed by atoms with E-state index in [2.05, 4.69) is 5.32 Å². The maximum absolute atomic E-state index is 10.9. The number of carbonyl (C=O) groups excluding carboxylic acids is 1. The number of nitrogens with one attached hydrogen (secondary N) is 1. The molecule has 0 aliphatic rings. The van der Waals surface area contributed by atoms with Crippen molar-refractivity contribution in [2.24, 2.45) is 5.73 Å². The van der Waals surface area contributed by atoms with Crippen molar-refractivity contribution in [2.75, 3.05) is 0 Å². The highest BCUT2D eigenvalue weighted by atomic mass is 35.5. The van der Waals surface area contributed by atoms with Gasteiger partial charge in [0.2, 0.25) is 5.91 Å². The molecule has 1 amide bonds. The topological polar surface area (TPSA) is 55.1 Å². The molecule has 1 aromatic carbocycles. The lowest BCUT2D eigenvalue weighted by molar-refractivity contribution is -0.119. The van der Waals surface area contributed by atoms with Crippen molar-refractivity contribution in [1.82, 2.24) is 5.32 Å². The van der Waals surface area contributed by atoms with Gasteiger partial charge in [-0.05, 0) is 25.5 Å². The van der Waals surface area contributed by atoms with E-state index in [1.165, 1.54) is 0 Å². The minimum atomic E-state index is -0.367. The normalized spacial score (nSPS) is 14.6. The maximum Gasteiger partial charge on any atom is 0.234 e. The Labute approximate surface area is 94.6 Å². The molecular weight excluding hydrogens is 212 g/mol. The molecule has 0 aromatic heterocycles. The summed E-state index contributed by atoms with van der Waals surface area (Å²) < 4.78 is 0. The van der Waals surface area contributed by atoms with Crippen molar-refractivity contribution >= 4 is 17.5 Å². The van der Waals surface area contributed by atoms with Crippen LogP contribution in [0.4, 0.5) is 0 Å². The van der Waals surface area contributed by atoms with E-state index in [-0.39, 0.29) is 18.0 Å². The number of hydrogen-bond acceptors (Lipinski definition) is 2. The lowest BCUT2D eigenvalue weighted by atomic mass is 10.1. The Bertz CT molecular complexity index is 354. The van der Waals surface area contributed by atoms with Gasteiger partial charge in [-0.3, -0.25) is 10.1 Å². The van der Waals surface area contributed by atoms with Crippen LogP contribution in [-0.4, -0.2) is 11.9 Å². The minimum Gasteiger partial charge on any atom is -0.368 e. The first-order valence-corrected chi connectivity index (χ1v) is 5.20. The fraction of sp³-hybridized carbons (Fsp3) is 0.364. The molecule has 1 rings (SSSR count). The summed E-state index contributed by atoms with van der Waals surface area (Å²) in [5.74, 6) is -0.367. The third-order valence-electron chi connectivity index (χ3n) is 2.30. The molecule has 1 aromatic rings. The molecule has 15 heavy (non-hydrogen) atoms. The van der Waals surface area contributed by atoms with Crippen LogP contribution in [0.2, 0.25) is 5.02 Å². The second-order valence-electron chi connectivity index (χ2n) is 3.53. The third-order valence-corrected chi connectivity index (χ3v) is 2.64. The molecule has 3 nitrogen and oxygen atoms in total. The van der Waals surface area contributed by atoms with Gasteiger partial charge in [0.1, 0.15) is 0 Å². The maximum atomic E-state index is 10.9. The lowest BCUT2D eigenvalue weighted by Gasteiger charge is -2.18. The Hall–Kier alpha value is -1.06. The Morgan fingerprint density at radius 1 is 1.40 bits per heavy atom. The first kappa shape index (κ1) is 12.0. The zero-order valence-electron chi connectivity index (χ0n) is 8.83. The molecular formula is C11H15ClN2O.